The van der Waals surface area contributed by atoms with Crippen molar-refractivity contribution >= 4 is 28.5 Å². The van der Waals surface area contributed by atoms with E-state index in [1.165, 1.54) is 11.6 Å². The number of hydrogen-bond acceptors (Lipinski definition) is 4. The van der Waals surface area contributed by atoms with Gasteiger partial charge in [0.15, 0.2) is 5.65 Å². The van der Waals surface area contributed by atoms with Gasteiger partial charge in [-0.15, -0.1) is 0 Å². The number of nitrogens with zero attached hydrogens (tertiary/aromatic N) is 3. The molecule has 0 aliphatic carbocycles. The summed E-state index contributed by atoms with van der Waals surface area (Å²) in [5, 5.41) is 3.79. The van der Waals surface area contributed by atoms with E-state index < -0.39 is 5.69 Å². The average molecular weight is 320 g/mol. The van der Waals surface area contributed by atoms with Crippen molar-refractivity contribution in [1.82, 2.24) is 19.1 Å². The summed E-state index contributed by atoms with van der Waals surface area (Å²) >= 11 is 5.92. The molecule has 0 spiro atoms. The summed E-state index contributed by atoms with van der Waals surface area (Å²) in [6.45, 7) is 0.381. The quantitative estimate of drug-likeness (QED) is 0.760. The zero-order valence-corrected chi connectivity index (χ0v) is 12.8. The van der Waals surface area contributed by atoms with Gasteiger partial charge in [0.25, 0.3) is 5.56 Å². The summed E-state index contributed by atoms with van der Waals surface area (Å²) in [6.07, 6.45) is 0. The number of aromatic nitrogens is 4. The molecule has 0 radical (unpaired) electrons. The molecule has 0 fully saturated rings. The summed E-state index contributed by atoms with van der Waals surface area (Å²) < 4.78 is 2.39. The second kappa shape index (κ2) is 5.34. The number of aromatic amines is 1. The van der Waals surface area contributed by atoms with E-state index >= 15 is 0 Å². The molecule has 0 unspecified atom stereocenters. The number of hydrogen-bond donors (Lipinski definition) is 2. The molecule has 3 aromatic rings. The fraction of sp³-hybridized carbons (Fsp3) is 0.214. The van der Waals surface area contributed by atoms with Crippen LogP contribution in [0.5, 0.6) is 0 Å². The van der Waals surface area contributed by atoms with Crippen LogP contribution in [0.4, 0.5) is 5.69 Å². The average Bonchev–Trinajstić information content (AvgIpc) is 2.93. The van der Waals surface area contributed by atoms with Crippen LogP contribution in [0.2, 0.25) is 5.02 Å². The molecule has 22 heavy (non-hydrogen) atoms. The summed E-state index contributed by atoms with van der Waals surface area (Å²) in [6, 6.07) is 7.29. The lowest BCUT2D eigenvalue weighted by Gasteiger charge is -2.03. The summed E-state index contributed by atoms with van der Waals surface area (Å²) in [4.78, 5) is 31.2. The monoisotopic (exact) mass is 319 g/mol. The first kappa shape index (κ1) is 14.4. The van der Waals surface area contributed by atoms with Crippen molar-refractivity contribution in [3.63, 3.8) is 0 Å². The third-order valence-electron chi connectivity index (χ3n) is 3.43. The lowest BCUT2D eigenvalue weighted by Crippen LogP contribution is -2.36. The lowest BCUT2D eigenvalue weighted by atomic mass is 10.3. The molecule has 2 heterocycles. The molecule has 0 atom stereocenters. The van der Waals surface area contributed by atoms with E-state index in [4.69, 9.17) is 11.6 Å². The van der Waals surface area contributed by atoms with Crippen LogP contribution in [-0.2, 0) is 20.6 Å². The maximum atomic E-state index is 12.1. The predicted molar refractivity (Wildman–Crippen MR) is 85.4 cm³/mol. The van der Waals surface area contributed by atoms with Crippen LogP contribution >= 0.6 is 11.6 Å². The number of nitrogens with one attached hydrogen (secondary N) is 2. The van der Waals surface area contributed by atoms with Crippen LogP contribution in [0.25, 0.3) is 11.2 Å². The van der Waals surface area contributed by atoms with E-state index in [1.807, 2.05) is 12.1 Å². The third-order valence-corrected chi connectivity index (χ3v) is 3.66. The molecule has 3 rings (SSSR count). The molecule has 0 amide bonds. The van der Waals surface area contributed by atoms with E-state index in [0.717, 1.165) is 10.3 Å². The Hall–Kier alpha value is -2.54. The number of aryl methyl sites for hydroxylation is 1. The van der Waals surface area contributed by atoms with Gasteiger partial charge >= 0.3 is 5.69 Å². The molecular formula is C14H14ClN5O2. The zero-order chi connectivity index (χ0) is 15.9. The second-order valence-corrected chi connectivity index (χ2v) is 5.39. The Bertz CT molecular complexity index is 970. The Balaban J connectivity index is 1.96. The van der Waals surface area contributed by atoms with Gasteiger partial charge in [0.2, 0.25) is 0 Å². The topological polar surface area (TPSA) is 84.7 Å². The third kappa shape index (κ3) is 2.39. The van der Waals surface area contributed by atoms with Gasteiger partial charge in [-0.25, -0.2) is 9.78 Å². The molecule has 1 aromatic carbocycles. The zero-order valence-electron chi connectivity index (χ0n) is 12.1. The maximum Gasteiger partial charge on any atom is 0.332 e. The van der Waals surface area contributed by atoms with Crippen molar-refractivity contribution < 1.29 is 0 Å². The fourth-order valence-electron chi connectivity index (χ4n) is 2.24. The van der Waals surface area contributed by atoms with Crippen molar-refractivity contribution in [1.29, 1.82) is 0 Å². The van der Waals surface area contributed by atoms with Crippen molar-refractivity contribution in [3.8, 4) is 0 Å². The fourth-order valence-corrected chi connectivity index (χ4v) is 2.43. The Morgan fingerprint density at radius 2 is 2.05 bits per heavy atom. The normalized spacial score (nSPS) is 11.0. The van der Waals surface area contributed by atoms with E-state index in [-0.39, 0.29) is 5.56 Å². The van der Waals surface area contributed by atoms with Crippen molar-refractivity contribution in [2.45, 2.75) is 6.54 Å². The highest BCUT2D eigenvalue weighted by atomic mass is 35.5. The van der Waals surface area contributed by atoms with Crippen LogP contribution in [0.3, 0.4) is 0 Å². The SMILES string of the molecule is Cn1c(=O)c2[nH]c(CNc3cccc(Cl)c3)nc2n(C)c1=O. The van der Waals surface area contributed by atoms with Gasteiger partial charge in [0.1, 0.15) is 11.3 Å². The highest BCUT2D eigenvalue weighted by Crippen LogP contribution is 2.15. The number of anilines is 1. The van der Waals surface area contributed by atoms with Gasteiger partial charge in [0.05, 0.1) is 6.54 Å². The minimum absolute atomic E-state index is 0.312. The molecule has 0 bridgehead atoms. The van der Waals surface area contributed by atoms with Crippen molar-refractivity contribution in [3.05, 3.63) is 56.0 Å². The molecule has 114 valence electrons. The number of H-pyrrole nitrogens is 1. The second-order valence-electron chi connectivity index (χ2n) is 4.95. The summed E-state index contributed by atoms with van der Waals surface area (Å²) in [7, 11) is 3.02. The Labute approximate surface area is 130 Å². The van der Waals surface area contributed by atoms with E-state index in [2.05, 4.69) is 15.3 Å². The minimum Gasteiger partial charge on any atom is -0.378 e. The van der Waals surface area contributed by atoms with Gasteiger partial charge in [0, 0.05) is 24.8 Å². The number of halogens is 1. The van der Waals surface area contributed by atoms with Crippen LogP contribution in [0.1, 0.15) is 5.82 Å². The van der Waals surface area contributed by atoms with Crippen LogP contribution in [0.15, 0.2) is 33.9 Å². The molecule has 0 aliphatic rings. The number of fused-ring (bicyclic) bond motifs is 1. The summed E-state index contributed by atoms with van der Waals surface area (Å²) in [5.41, 5.74) is 0.705. The Morgan fingerprint density at radius 3 is 2.77 bits per heavy atom. The van der Waals surface area contributed by atoms with Gasteiger partial charge < -0.3 is 10.3 Å². The van der Waals surface area contributed by atoms with Crippen LogP contribution < -0.4 is 16.6 Å². The first-order valence-electron chi connectivity index (χ1n) is 6.61. The molecule has 2 N–H and O–H groups in total. The van der Waals surface area contributed by atoms with Gasteiger partial charge in [-0.3, -0.25) is 13.9 Å². The van der Waals surface area contributed by atoms with E-state index in [1.54, 1.807) is 19.2 Å². The van der Waals surface area contributed by atoms with E-state index in [0.29, 0.717) is 28.6 Å². The molecule has 0 saturated carbocycles. The number of imidazole rings is 1. The van der Waals surface area contributed by atoms with E-state index in [9.17, 15) is 9.59 Å². The lowest BCUT2D eigenvalue weighted by molar-refractivity contribution is 0.708. The number of rotatable bonds is 3. The first-order valence-corrected chi connectivity index (χ1v) is 6.99. The van der Waals surface area contributed by atoms with Gasteiger partial charge in [-0.2, -0.15) is 0 Å². The molecule has 8 heteroatoms. The Morgan fingerprint density at radius 1 is 1.27 bits per heavy atom. The van der Waals surface area contributed by atoms with Gasteiger partial charge in [-0.1, -0.05) is 17.7 Å². The van der Waals surface area contributed by atoms with Crippen LogP contribution in [0, 0.1) is 0 Å². The van der Waals surface area contributed by atoms with Crippen molar-refractivity contribution in [2.75, 3.05) is 5.32 Å². The Kier molecular flexibility index (Phi) is 3.50. The van der Waals surface area contributed by atoms with Gasteiger partial charge in [-0.05, 0) is 18.2 Å². The smallest absolute Gasteiger partial charge is 0.332 e. The molecular weight excluding hydrogens is 306 g/mol. The van der Waals surface area contributed by atoms with Crippen molar-refractivity contribution in [2.24, 2.45) is 14.1 Å². The first-order chi connectivity index (χ1) is 10.5. The molecule has 0 aliphatic heterocycles. The minimum atomic E-state index is -0.404. The molecule has 2 aromatic heterocycles. The number of benzene rings is 1. The van der Waals surface area contributed by atoms with Crippen LogP contribution in [-0.4, -0.2) is 19.1 Å². The highest BCUT2D eigenvalue weighted by molar-refractivity contribution is 6.30. The highest BCUT2D eigenvalue weighted by Gasteiger charge is 2.13. The standard InChI is InChI=1S/C14H14ClN5O2/c1-19-12-11(13(21)20(2)14(19)22)17-10(18-12)7-16-9-5-3-4-8(15)6-9/h3-6,16H,7H2,1-2H3,(H,17,18). The predicted octanol–water partition coefficient (Wildman–Crippen LogP) is 1.23. The molecule has 0 saturated heterocycles. The molecule has 7 nitrogen and oxygen atoms in total. The summed E-state index contributed by atoms with van der Waals surface area (Å²) in [5.74, 6) is 0.563. The maximum absolute atomic E-state index is 12.1. The largest absolute Gasteiger partial charge is 0.378 e.